The van der Waals surface area contributed by atoms with Gasteiger partial charge in [0.15, 0.2) is 0 Å². The smallest absolute Gasteiger partial charge is 0.414 e. The van der Waals surface area contributed by atoms with Crippen LogP contribution >= 0.6 is 0 Å². The number of cyclic esters (lactones) is 1. The lowest BCUT2D eigenvalue weighted by molar-refractivity contribution is 0.0963. The standard InChI is InChI=1S/C20H22FN7O4/c1-12(30)22-6-7-28-19(24-25-26-28)18-5-2-13(9-23-18)16-4-3-14(8-17(16)21)27-10-15(11-29)32-20(27)31/h2-5,8-9,12,15,22,29-30H,6-7,10-11H2,1H3/t12-,15+/m0/s1. The highest BCUT2D eigenvalue weighted by Crippen LogP contribution is 2.29. The van der Waals surface area contributed by atoms with E-state index >= 15 is 0 Å². The molecule has 168 valence electrons. The summed E-state index contributed by atoms with van der Waals surface area (Å²) < 4.78 is 21.4. The summed E-state index contributed by atoms with van der Waals surface area (Å²) in [6, 6.07) is 7.83. The second-order valence-corrected chi connectivity index (χ2v) is 7.25. The third-order valence-corrected chi connectivity index (χ3v) is 4.94. The van der Waals surface area contributed by atoms with Gasteiger partial charge in [-0.1, -0.05) is 6.07 Å². The SMILES string of the molecule is C[C@H](O)NCCn1nnnc1-c1ccc(-c2ccc(N3C[C@H](CO)OC3=O)cc2F)cn1. The number of aromatic nitrogens is 5. The van der Waals surface area contributed by atoms with Gasteiger partial charge in [-0.15, -0.1) is 5.10 Å². The molecule has 0 aliphatic carbocycles. The van der Waals surface area contributed by atoms with Crippen LogP contribution in [0, 0.1) is 5.82 Å². The van der Waals surface area contributed by atoms with Crippen molar-refractivity contribution in [3.63, 3.8) is 0 Å². The number of carbonyl (C=O) groups is 1. The van der Waals surface area contributed by atoms with Gasteiger partial charge in [0.25, 0.3) is 0 Å². The Bertz CT molecular complexity index is 1090. The number of tetrazole rings is 1. The number of anilines is 1. The lowest BCUT2D eigenvalue weighted by atomic mass is 10.1. The van der Waals surface area contributed by atoms with Gasteiger partial charge in [-0.05, 0) is 41.6 Å². The molecule has 32 heavy (non-hydrogen) atoms. The number of hydrogen-bond acceptors (Lipinski definition) is 9. The number of halogens is 1. The molecule has 0 saturated carbocycles. The first-order valence-electron chi connectivity index (χ1n) is 9.99. The Balaban J connectivity index is 1.50. The molecule has 1 amide bonds. The number of nitrogens with one attached hydrogen (secondary N) is 1. The van der Waals surface area contributed by atoms with E-state index in [1.807, 2.05) is 0 Å². The second-order valence-electron chi connectivity index (χ2n) is 7.25. The average molecular weight is 443 g/mol. The van der Waals surface area contributed by atoms with Crippen molar-refractivity contribution in [3.8, 4) is 22.6 Å². The monoisotopic (exact) mass is 443 g/mol. The van der Waals surface area contributed by atoms with Crippen LogP contribution in [0.25, 0.3) is 22.6 Å². The van der Waals surface area contributed by atoms with E-state index in [0.717, 1.165) is 0 Å². The van der Waals surface area contributed by atoms with E-state index in [-0.39, 0.29) is 13.2 Å². The van der Waals surface area contributed by atoms with E-state index in [9.17, 15) is 14.3 Å². The van der Waals surface area contributed by atoms with Gasteiger partial charge < -0.3 is 14.9 Å². The molecular formula is C20H22FN7O4. The molecule has 1 saturated heterocycles. The molecule has 1 aliphatic heterocycles. The number of aliphatic hydroxyl groups excluding tert-OH is 2. The largest absolute Gasteiger partial charge is 0.441 e. The Labute approximate surface area is 182 Å². The molecule has 1 fully saturated rings. The summed E-state index contributed by atoms with van der Waals surface area (Å²) in [5.74, 6) is -0.0722. The maximum atomic E-state index is 14.8. The maximum Gasteiger partial charge on any atom is 0.414 e. The van der Waals surface area contributed by atoms with Crippen LogP contribution in [0.4, 0.5) is 14.9 Å². The number of nitrogens with zero attached hydrogens (tertiary/aromatic N) is 6. The molecule has 1 aliphatic rings. The molecule has 3 heterocycles. The van der Waals surface area contributed by atoms with Crippen molar-refractivity contribution in [2.45, 2.75) is 25.8 Å². The summed E-state index contributed by atoms with van der Waals surface area (Å²) in [7, 11) is 0. The molecular weight excluding hydrogens is 421 g/mol. The summed E-state index contributed by atoms with van der Waals surface area (Å²) in [4.78, 5) is 17.6. The van der Waals surface area contributed by atoms with Crippen LogP contribution < -0.4 is 10.2 Å². The number of carbonyl (C=O) groups excluding carboxylic acids is 1. The minimum atomic E-state index is -0.638. The fourth-order valence-electron chi connectivity index (χ4n) is 3.34. The number of amides is 1. The minimum absolute atomic E-state index is 0.159. The van der Waals surface area contributed by atoms with Gasteiger partial charge in [0.2, 0.25) is 5.82 Å². The molecule has 3 aromatic rings. The molecule has 0 bridgehead atoms. The Morgan fingerprint density at radius 1 is 1.34 bits per heavy atom. The van der Waals surface area contributed by atoms with Crippen molar-refractivity contribution in [2.24, 2.45) is 0 Å². The zero-order valence-electron chi connectivity index (χ0n) is 17.2. The summed E-state index contributed by atoms with van der Waals surface area (Å²) in [6.45, 7) is 2.39. The molecule has 0 radical (unpaired) electrons. The van der Waals surface area contributed by atoms with Crippen molar-refractivity contribution >= 4 is 11.8 Å². The van der Waals surface area contributed by atoms with Gasteiger partial charge in [0.05, 0.1) is 25.4 Å². The lowest BCUT2D eigenvalue weighted by Crippen LogP contribution is -2.29. The van der Waals surface area contributed by atoms with E-state index in [0.29, 0.717) is 41.4 Å². The molecule has 0 spiro atoms. The van der Waals surface area contributed by atoms with Crippen molar-refractivity contribution in [1.82, 2.24) is 30.5 Å². The van der Waals surface area contributed by atoms with Crippen LogP contribution in [0.2, 0.25) is 0 Å². The van der Waals surface area contributed by atoms with E-state index < -0.39 is 24.2 Å². The summed E-state index contributed by atoms with van der Waals surface area (Å²) >= 11 is 0. The number of ether oxygens (including phenoxy) is 1. The highest BCUT2D eigenvalue weighted by atomic mass is 19.1. The molecule has 3 N–H and O–H groups in total. The summed E-state index contributed by atoms with van der Waals surface area (Å²) in [5, 5.41) is 32.9. The van der Waals surface area contributed by atoms with Crippen molar-refractivity contribution in [1.29, 1.82) is 0 Å². The molecule has 1 aromatic carbocycles. The fraction of sp³-hybridized carbons (Fsp3) is 0.350. The van der Waals surface area contributed by atoms with Gasteiger partial charge >= 0.3 is 6.09 Å². The Hall–Kier alpha value is -3.48. The van der Waals surface area contributed by atoms with E-state index in [1.165, 1.54) is 17.2 Å². The van der Waals surface area contributed by atoms with Crippen LogP contribution in [0.5, 0.6) is 0 Å². The van der Waals surface area contributed by atoms with Gasteiger partial charge in [0.1, 0.15) is 23.8 Å². The zero-order chi connectivity index (χ0) is 22.7. The predicted molar refractivity (Wildman–Crippen MR) is 111 cm³/mol. The third kappa shape index (κ3) is 4.56. The van der Waals surface area contributed by atoms with Crippen molar-refractivity contribution in [2.75, 3.05) is 24.6 Å². The molecule has 2 atom stereocenters. The zero-order valence-corrected chi connectivity index (χ0v) is 17.2. The predicted octanol–water partition coefficient (Wildman–Crippen LogP) is 0.787. The maximum absolute atomic E-state index is 14.8. The average Bonchev–Trinajstić information content (AvgIpc) is 3.40. The lowest BCUT2D eigenvalue weighted by Gasteiger charge is -2.14. The number of hydrogen-bond donors (Lipinski definition) is 3. The van der Waals surface area contributed by atoms with E-state index in [1.54, 1.807) is 35.9 Å². The van der Waals surface area contributed by atoms with Crippen LogP contribution in [0.3, 0.4) is 0 Å². The Kier molecular flexibility index (Phi) is 6.35. The van der Waals surface area contributed by atoms with Crippen LogP contribution in [-0.4, -0.2) is 73.5 Å². The van der Waals surface area contributed by atoms with E-state index in [2.05, 4.69) is 25.8 Å². The van der Waals surface area contributed by atoms with Crippen LogP contribution in [0.15, 0.2) is 36.5 Å². The first-order valence-corrected chi connectivity index (χ1v) is 9.99. The van der Waals surface area contributed by atoms with Gasteiger partial charge in [-0.3, -0.25) is 15.2 Å². The summed E-state index contributed by atoms with van der Waals surface area (Å²) in [5.41, 5.74) is 1.73. The van der Waals surface area contributed by atoms with Crippen molar-refractivity contribution in [3.05, 3.63) is 42.3 Å². The quantitative estimate of drug-likeness (QED) is 0.431. The molecule has 2 aromatic heterocycles. The number of pyridine rings is 1. The Morgan fingerprint density at radius 3 is 2.84 bits per heavy atom. The highest BCUT2D eigenvalue weighted by Gasteiger charge is 2.32. The van der Waals surface area contributed by atoms with Gasteiger partial charge in [-0.25, -0.2) is 13.9 Å². The normalized spacial score (nSPS) is 16.9. The molecule has 12 heteroatoms. The van der Waals surface area contributed by atoms with Gasteiger partial charge in [0, 0.05) is 23.9 Å². The topological polar surface area (TPSA) is 139 Å². The van der Waals surface area contributed by atoms with Gasteiger partial charge in [-0.2, -0.15) is 0 Å². The van der Waals surface area contributed by atoms with Crippen molar-refractivity contribution < 1.29 is 24.1 Å². The minimum Gasteiger partial charge on any atom is -0.441 e. The fourth-order valence-corrected chi connectivity index (χ4v) is 3.34. The Morgan fingerprint density at radius 2 is 2.19 bits per heavy atom. The molecule has 4 rings (SSSR count). The van der Waals surface area contributed by atoms with Crippen LogP contribution in [0.1, 0.15) is 6.92 Å². The van der Waals surface area contributed by atoms with Crippen LogP contribution in [-0.2, 0) is 11.3 Å². The third-order valence-electron chi connectivity index (χ3n) is 4.94. The second kappa shape index (κ2) is 9.34. The molecule has 11 nitrogen and oxygen atoms in total. The number of benzene rings is 1. The molecule has 0 unspecified atom stereocenters. The first kappa shape index (κ1) is 21.7. The van der Waals surface area contributed by atoms with E-state index in [4.69, 9.17) is 9.84 Å². The summed E-state index contributed by atoms with van der Waals surface area (Å²) in [6.07, 6.45) is -0.363. The number of aliphatic hydroxyl groups is 2. The first-order chi connectivity index (χ1) is 15.5. The number of rotatable bonds is 8. The highest BCUT2D eigenvalue weighted by molar-refractivity contribution is 5.90.